The summed E-state index contributed by atoms with van der Waals surface area (Å²) in [6, 6.07) is 34.9. The van der Waals surface area contributed by atoms with Gasteiger partial charge in [-0.2, -0.15) is 43.9 Å². The molecule has 7 aromatic rings. The number of halogens is 19. The molecule has 7 aromatic carbocycles. The van der Waals surface area contributed by atoms with E-state index in [0.717, 1.165) is 75.6 Å². The van der Waals surface area contributed by atoms with Crippen LogP contribution in [0, 0.1) is 58.4 Å². The maximum absolute atomic E-state index is 14.6. The van der Waals surface area contributed by atoms with Gasteiger partial charge in [-0.05, 0) is 110 Å². The zero-order valence-electron chi connectivity index (χ0n) is 53.7. The number of carbonyl (C=O) groups excluding carboxylic acids is 2. The van der Waals surface area contributed by atoms with E-state index in [4.69, 9.17) is 0 Å². The molecule has 0 radical (unpaired) electrons. The van der Waals surface area contributed by atoms with Gasteiger partial charge in [-0.25, -0.2) is 35.1 Å². The molecule has 2 aliphatic rings. The first kappa shape index (κ1) is 82.4. The van der Waals surface area contributed by atoms with Crippen LogP contribution in [0.4, 0.5) is 79.0 Å². The molecule has 0 unspecified atom stereocenters. The number of Topliss-reactive ketones (excluding diaryl/α,β-unsaturated/α-hetero) is 2. The van der Waals surface area contributed by atoms with Crippen molar-refractivity contribution in [1.29, 1.82) is 0 Å². The van der Waals surface area contributed by atoms with Crippen LogP contribution in [0.2, 0.25) is 0 Å². The molecule has 0 atom stereocenters. The molecule has 0 aromatic heterocycles. The normalized spacial score (nSPS) is 17.2. The minimum Gasteiger partial charge on any atom is 1.00 e. The molecular formula is C71H69BrF18KO5P. The fourth-order valence-corrected chi connectivity index (χ4v) is 17.4. The summed E-state index contributed by atoms with van der Waals surface area (Å²) < 4.78 is 256. The van der Waals surface area contributed by atoms with Gasteiger partial charge in [0.2, 0.25) is 0 Å². The first-order valence-corrected chi connectivity index (χ1v) is 35.2. The molecule has 97 heavy (non-hydrogen) atoms. The van der Waals surface area contributed by atoms with Crippen molar-refractivity contribution in [3.63, 3.8) is 0 Å². The third-order valence-electron chi connectivity index (χ3n) is 16.3. The Kier molecular flexibility index (Phi) is 28.8. The summed E-state index contributed by atoms with van der Waals surface area (Å²) >= 11 is 4.24. The van der Waals surface area contributed by atoms with Crippen LogP contribution in [0.15, 0.2) is 140 Å². The maximum atomic E-state index is 14.6. The van der Waals surface area contributed by atoms with Crippen molar-refractivity contribution in [2.24, 2.45) is 11.8 Å². The van der Waals surface area contributed by atoms with Gasteiger partial charge in [0.05, 0.1) is 11.1 Å². The van der Waals surface area contributed by atoms with Crippen LogP contribution in [-0.2, 0) is 12.2 Å². The predicted molar refractivity (Wildman–Crippen MR) is 334 cm³/mol. The Morgan fingerprint density at radius 2 is 0.680 bits per heavy atom. The van der Waals surface area contributed by atoms with E-state index in [1.807, 2.05) is 0 Å². The van der Waals surface area contributed by atoms with E-state index in [9.17, 15) is 93.7 Å². The third-order valence-corrected chi connectivity index (χ3v) is 24.6. The van der Waals surface area contributed by atoms with Crippen molar-refractivity contribution in [1.82, 2.24) is 0 Å². The molecule has 2 aliphatic carbocycles. The van der Waals surface area contributed by atoms with Crippen molar-refractivity contribution >= 4 is 48.3 Å². The quantitative estimate of drug-likeness (QED) is 0.0393. The topological polar surface area (TPSA) is 75.7 Å². The summed E-state index contributed by atoms with van der Waals surface area (Å²) in [6.45, 7) is 11.4. The maximum Gasteiger partial charge on any atom is 1.00 e. The van der Waals surface area contributed by atoms with Gasteiger partial charge in [-0.1, -0.05) is 60.3 Å². The molecule has 0 amide bonds. The first-order chi connectivity index (χ1) is 44.6. The molecule has 0 bridgehead atoms. The van der Waals surface area contributed by atoms with Gasteiger partial charge in [0.1, 0.15) is 69.2 Å². The van der Waals surface area contributed by atoms with Gasteiger partial charge >= 0.3 is 210 Å². The van der Waals surface area contributed by atoms with Gasteiger partial charge in [-0.15, -0.1) is 5.60 Å². The summed E-state index contributed by atoms with van der Waals surface area (Å²) in [5.41, 5.74) is -8.05. The molecule has 26 heteroatoms. The van der Waals surface area contributed by atoms with Crippen molar-refractivity contribution in [3.05, 3.63) is 219 Å². The number of carbonyl (C=O) groups is 2. The summed E-state index contributed by atoms with van der Waals surface area (Å²) in [6.07, 6.45) is -10.8. The summed E-state index contributed by atoms with van der Waals surface area (Å²) in [5.74, 6) is -23.1. The zero-order chi connectivity index (χ0) is 71.5. The molecule has 2 saturated carbocycles. The molecule has 9 rings (SSSR count). The minimum atomic E-state index is -5.63. The van der Waals surface area contributed by atoms with Crippen LogP contribution in [-0.4, -0.2) is 36.2 Å². The Hall–Kier alpha value is -5.27. The van der Waals surface area contributed by atoms with Crippen LogP contribution >= 0.6 is 20.8 Å². The minimum absolute atomic E-state index is 0. The standard InChI is InChI=1S/2C24H21F9O2.C19H18BrP.C4H9O.K/c2*1-2-3-12-4-6-13(7-5-12)14-8-18(27)21(19(28)9-14)24(32,33)35-15-10-16(25)20(17(26)11-15)22(34)23(29,30)31;1-21(20,17-11-5-2-6-12-17,18-13-7-3-8-14-18)19-15-9-4-10-16-19;1-4(2,3)5;/h2*8-13H,2-7H2,1H3;2-16H,1H3;1-3H3;/q;;;-1;+1. The van der Waals surface area contributed by atoms with Crippen LogP contribution in [0.3, 0.4) is 0 Å². The largest absolute Gasteiger partial charge is 1.00 e. The molecule has 5 nitrogen and oxygen atoms in total. The number of ether oxygens (including phenoxy) is 2. The number of hydrogen-bond acceptors (Lipinski definition) is 5. The van der Waals surface area contributed by atoms with Gasteiger partial charge in [0.15, 0.2) is 0 Å². The Morgan fingerprint density at radius 3 is 0.897 bits per heavy atom. The third kappa shape index (κ3) is 21.4. The molecular weight excluding hydrogens is 1420 g/mol. The molecule has 522 valence electrons. The van der Waals surface area contributed by atoms with Crippen LogP contribution in [0.25, 0.3) is 0 Å². The van der Waals surface area contributed by atoms with Crippen molar-refractivity contribution in [2.45, 2.75) is 154 Å². The molecule has 0 aliphatic heterocycles. The number of hydrogen-bond donors (Lipinski definition) is 0. The van der Waals surface area contributed by atoms with Gasteiger partial charge < -0.3 is 14.6 Å². The van der Waals surface area contributed by atoms with Crippen LogP contribution < -0.4 is 81.9 Å². The average Bonchev–Trinajstić information content (AvgIpc) is 0.719. The molecule has 0 heterocycles. The van der Waals surface area contributed by atoms with Crippen molar-refractivity contribution < 1.29 is 155 Å². The Morgan fingerprint density at radius 1 is 0.443 bits per heavy atom. The van der Waals surface area contributed by atoms with E-state index in [0.29, 0.717) is 37.5 Å². The number of rotatable bonds is 17. The van der Waals surface area contributed by atoms with Crippen LogP contribution in [0.5, 0.6) is 11.5 Å². The van der Waals surface area contributed by atoms with E-state index in [-0.39, 0.29) is 98.6 Å². The smallest absolute Gasteiger partial charge is 1.00 e. The average molecular weight is 1490 g/mol. The van der Waals surface area contributed by atoms with Crippen LogP contribution in [0.1, 0.15) is 166 Å². The van der Waals surface area contributed by atoms with Gasteiger partial charge in [0, 0.05) is 24.3 Å². The zero-order valence-corrected chi connectivity index (χ0v) is 59.3. The Bertz CT molecular complexity index is 3400. The van der Waals surface area contributed by atoms with E-state index < -0.39 is 127 Å². The second-order valence-electron chi connectivity index (χ2n) is 24.7. The number of alkyl halides is 10. The second kappa shape index (κ2) is 33.9. The summed E-state index contributed by atoms with van der Waals surface area (Å²) in [4.78, 5) is 22.3. The van der Waals surface area contributed by atoms with Crippen molar-refractivity contribution in [3.8, 4) is 11.5 Å². The Labute approximate surface area is 601 Å². The fourth-order valence-electron chi connectivity index (χ4n) is 11.7. The van der Waals surface area contributed by atoms with E-state index in [1.54, 1.807) is 20.8 Å². The van der Waals surface area contributed by atoms with E-state index in [2.05, 4.69) is 136 Å². The van der Waals surface area contributed by atoms with Crippen molar-refractivity contribution in [2.75, 3.05) is 6.66 Å². The van der Waals surface area contributed by atoms with E-state index in [1.165, 1.54) is 15.9 Å². The monoisotopic (exact) mass is 1490 g/mol. The van der Waals surface area contributed by atoms with E-state index >= 15 is 0 Å². The second-order valence-corrected chi connectivity index (χ2v) is 34.4. The summed E-state index contributed by atoms with van der Waals surface area (Å²) in [7, 11) is 0. The number of ketones is 2. The molecule has 0 spiro atoms. The number of benzene rings is 7. The molecule has 2 fully saturated rings. The van der Waals surface area contributed by atoms with Gasteiger partial charge in [-0.3, -0.25) is 9.59 Å². The van der Waals surface area contributed by atoms with Gasteiger partial charge in [0.25, 0.3) is 11.6 Å². The molecule has 0 N–H and O–H groups in total. The Balaban J connectivity index is 0.000000259. The SMILES string of the molecule is CC(C)(C)[O-].CCCC1CCC(c2cc(F)c(C(F)(F)Oc3cc(F)c(C(=O)C(F)(F)F)c(F)c3)c(F)c2)CC1.CCCC1CCC(c2cc(F)c(C(F)(F)Oc3cc(F)c(C(=O)C(F)(F)F)c(F)c3)c(F)c2)CC1.CP(Br)(c1ccccc1)(c1ccccc1)c1ccccc1.[K+]. The summed E-state index contributed by atoms with van der Waals surface area (Å²) in [5, 5.41) is 11.6. The first-order valence-electron chi connectivity index (χ1n) is 30.5. The fraction of sp³-hybridized carbons (Fsp3) is 0.380. The molecule has 0 saturated heterocycles. The predicted octanol–water partition coefficient (Wildman–Crippen LogP) is 18.0.